The van der Waals surface area contributed by atoms with Gasteiger partial charge >= 0.3 is 0 Å². The summed E-state index contributed by atoms with van der Waals surface area (Å²) in [5.74, 6) is 1.48. The number of aryl methyl sites for hydroxylation is 1. The van der Waals surface area contributed by atoms with Gasteiger partial charge in [0.1, 0.15) is 29.5 Å². The number of nitrogens with zero attached hydrogens (tertiary/aromatic N) is 2. The van der Waals surface area contributed by atoms with Crippen molar-refractivity contribution in [1.82, 2.24) is 9.78 Å². The second-order valence-corrected chi connectivity index (χ2v) is 7.69. The zero-order valence-corrected chi connectivity index (χ0v) is 18.3. The van der Waals surface area contributed by atoms with Crippen LogP contribution in [0.4, 0.5) is 0 Å². The summed E-state index contributed by atoms with van der Waals surface area (Å²) in [5, 5.41) is 16.1. The summed E-state index contributed by atoms with van der Waals surface area (Å²) in [7, 11) is 3.54. The Morgan fingerprint density at radius 2 is 1.65 bits per heavy atom. The Hall–Kier alpha value is -3.44. The molecule has 0 saturated heterocycles. The molecule has 0 radical (unpaired) electrons. The maximum atomic E-state index is 10.8. The first-order chi connectivity index (χ1) is 15.0. The van der Waals surface area contributed by atoms with Crippen molar-refractivity contribution >= 4 is 11.6 Å². The second-order valence-electron chi connectivity index (χ2n) is 7.26. The fourth-order valence-corrected chi connectivity index (χ4v) is 3.57. The van der Waals surface area contributed by atoms with Crippen LogP contribution in [0.1, 0.15) is 11.3 Å². The number of phenols is 1. The van der Waals surface area contributed by atoms with E-state index in [1.54, 1.807) is 13.2 Å². The predicted octanol–water partition coefficient (Wildman–Crippen LogP) is 6.01. The van der Waals surface area contributed by atoms with Crippen LogP contribution in [0.5, 0.6) is 17.2 Å². The molecule has 0 aliphatic rings. The van der Waals surface area contributed by atoms with Crippen LogP contribution in [0.3, 0.4) is 0 Å². The molecule has 0 aliphatic heterocycles. The Balaban J connectivity index is 1.63. The summed E-state index contributed by atoms with van der Waals surface area (Å²) in [4.78, 5) is 0. The molecule has 0 aliphatic carbocycles. The zero-order valence-electron chi connectivity index (χ0n) is 17.6. The molecule has 1 N–H and O–H groups in total. The van der Waals surface area contributed by atoms with Gasteiger partial charge in [0, 0.05) is 35.0 Å². The summed E-state index contributed by atoms with van der Waals surface area (Å²) in [6.07, 6.45) is 0. The van der Waals surface area contributed by atoms with Gasteiger partial charge < -0.3 is 14.6 Å². The first-order valence-corrected chi connectivity index (χ1v) is 10.2. The molecule has 4 rings (SSSR count). The molecule has 6 heteroatoms. The average molecular weight is 435 g/mol. The van der Waals surface area contributed by atoms with Crippen LogP contribution < -0.4 is 9.47 Å². The largest absolute Gasteiger partial charge is 0.507 e. The quantitative estimate of drug-likeness (QED) is 0.403. The van der Waals surface area contributed by atoms with Gasteiger partial charge in [-0.1, -0.05) is 35.9 Å². The van der Waals surface area contributed by atoms with Gasteiger partial charge in [0.05, 0.1) is 7.11 Å². The van der Waals surface area contributed by atoms with Gasteiger partial charge in [-0.15, -0.1) is 0 Å². The summed E-state index contributed by atoms with van der Waals surface area (Å²) < 4.78 is 12.9. The van der Waals surface area contributed by atoms with Crippen molar-refractivity contribution in [3.05, 3.63) is 83.0 Å². The molecule has 5 nitrogen and oxygen atoms in total. The lowest BCUT2D eigenvalue weighted by Gasteiger charge is -2.10. The predicted molar refractivity (Wildman–Crippen MR) is 123 cm³/mol. The van der Waals surface area contributed by atoms with Crippen molar-refractivity contribution in [2.24, 2.45) is 7.05 Å². The Labute approximate surface area is 186 Å². The number of aromatic hydroxyl groups is 1. The van der Waals surface area contributed by atoms with Crippen LogP contribution in [-0.4, -0.2) is 22.0 Å². The second kappa shape index (κ2) is 8.74. The lowest BCUT2D eigenvalue weighted by atomic mass is 9.98. The van der Waals surface area contributed by atoms with E-state index in [4.69, 9.17) is 21.1 Å². The molecular formula is C25H23ClN2O3. The minimum atomic E-state index is 0.112. The van der Waals surface area contributed by atoms with Crippen molar-refractivity contribution in [2.75, 3.05) is 7.11 Å². The van der Waals surface area contributed by atoms with E-state index in [-0.39, 0.29) is 5.75 Å². The number of rotatable bonds is 6. The molecule has 4 aromatic rings. The SMILES string of the molecule is COc1ccc(-c2c(-c3ccc(OCc4ccc(Cl)cc4)cc3O)nn(C)c2C)cc1. The van der Waals surface area contributed by atoms with E-state index >= 15 is 0 Å². The summed E-state index contributed by atoms with van der Waals surface area (Å²) >= 11 is 5.92. The maximum Gasteiger partial charge on any atom is 0.128 e. The normalized spacial score (nSPS) is 10.8. The van der Waals surface area contributed by atoms with Gasteiger partial charge in [-0.25, -0.2) is 0 Å². The molecule has 0 bridgehead atoms. The van der Waals surface area contributed by atoms with Gasteiger partial charge in [0.2, 0.25) is 0 Å². The number of halogens is 1. The van der Waals surface area contributed by atoms with E-state index in [0.717, 1.165) is 28.1 Å². The third-order valence-electron chi connectivity index (χ3n) is 5.26. The lowest BCUT2D eigenvalue weighted by molar-refractivity contribution is 0.304. The Morgan fingerprint density at radius 3 is 2.29 bits per heavy atom. The first-order valence-electron chi connectivity index (χ1n) is 9.85. The molecule has 0 spiro atoms. The van der Waals surface area contributed by atoms with Gasteiger partial charge in [-0.2, -0.15) is 5.10 Å². The highest BCUT2D eigenvalue weighted by molar-refractivity contribution is 6.30. The Morgan fingerprint density at radius 1 is 0.968 bits per heavy atom. The molecule has 158 valence electrons. The van der Waals surface area contributed by atoms with E-state index in [9.17, 15) is 5.11 Å². The standard InChI is InChI=1S/C25H23ClN2O3/c1-16-24(18-6-10-20(30-3)11-7-18)25(27-28(16)2)22-13-12-21(14-23(22)29)31-15-17-4-8-19(26)9-5-17/h4-14,29H,15H2,1-3H3. The van der Waals surface area contributed by atoms with E-state index < -0.39 is 0 Å². The van der Waals surface area contributed by atoms with E-state index in [2.05, 4.69) is 5.10 Å². The highest BCUT2D eigenvalue weighted by Crippen LogP contribution is 2.39. The van der Waals surface area contributed by atoms with Crippen molar-refractivity contribution in [3.8, 4) is 39.6 Å². The van der Waals surface area contributed by atoms with Crippen LogP contribution in [0, 0.1) is 6.92 Å². The highest BCUT2D eigenvalue weighted by atomic mass is 35.5. The number of methoxy groups -OCH3 is 1. The highest BCUT2D eigenvalue weighted by Gasteiger charge is 2.19. The van der Waals surface area contributed by atoms with Gasteiger partial charge in [-0.05, 0) is 54.4 Å². The maximum absolute atomic E-state index is 10.8. The molecule has 0 amide bonds. The number of phenolic OH excluding ortho intramolecular Hbond substituents is 1. The lowest BCUT2D eigenvalue weighted by Crippen LogP contribution is -1.95. The molecule has 0 unspecified atom stereocenters. The van der Waals surface area contributed by atoms with Crippen molar-refractivity contribution in [3.63, 3.8) is 0 Å². The number of benzene rings is 3. The molecule has 1 heterocycles. The average Bonchev–Trinajstić information content (AvgIpc) is 3.07. The van der Waals surface area contributed by atoms with Crippen LogP contribution in [0.25, 0.3) is 22.4 Å². The van der Waals surface area contributed by atoms with Crippen molar-refractivity contribution < 1.29 is 14.6 Å². The number of ether oxygens (including phenoxy) is 2. The van der Waals surface area contributed by atoms with Gasteiger partial charge in [-0.3, -0.25) is 4.68 Å². The third-order valence-corrected chi connectivity index (χ3v) is 5.51. The molecular weight excluding hydrogens is 412 g/mol. The van der Waals surface area contributed by atoms with Crippen LogP contribution >= 0.6 is 11.6 Å². The van der Waals surface area contributed by atoms with Crippen molar-refractivity contribution in [2.45, 2.75) is 13.5 Å². The molecule has 0 saturated carbocycles. The number of hydrogen-bond donors (Lipinski definition) is 1. The summed E-state index contributed by atoms with van der Waals surface area (Å²) in [5.41, 5.74) is 5.33. The summed E-state index contributed by atoms with van der Waals surface area (Å²) in [6.45, 7) is 2.40. The Kier molecular flexibility index (Phi) is 5.87. The number of hydrogen-bond acceptors (Lipinski definition) is 4. The van der Waals surface area contributed by atoms with E-state index in [0.29, 0.717) is 28.6 Å². The first kappa shape index (κ1) is 20.8. The molecule has 0 atom stereocenters. The molecule has 0 fully saturated rings. The fraction of sp³-hybridized carbons (Fsp3) is 0.160. The van der Waals surface area contributed by atoms with E-state index in [1.165, 1.54) is 0 Å². The topological polar surface area (TPSA) is 56.5 Å². The zero-order chi connectivity index (χ0) is 22.0. The number of aromatic nitrogens is 2. The van der Waals surface area contributed by atoms with Gasteiger partial charge in [0.25, 0.3) is 0 Å². The third kappa shape index (κ3) is 4.37. The molecule has 1 aromatic heterocycles. The van der Waals surface area contributed by atoms with Gasteiger partial charge in [0.15, 0.2) is 0 Å². The van der Waals surface area contributed by atoms with E-state index in [1.807, 2.05) is 79.3 Å². The van der Waals surface area contributed by atoms with Crippen molar-refractivity contribution in [1.29, 1.82) is 0 Å². The monoisotopic (exact) mass is 434 g/mol. The minimum Gasteiger partial charge on any atom is -0.507 e. The summed E-state index contributed by atoms with van der Waals surface area (Å²) in [6, 6.07) is 20.6. The Bertz CT molecular complexity index is 1200. The van der Waals surface area contributed by atoms with Crippen LogP contribution in [0.2, 0.25) is 5.02 Å². The molecule has 3 aromatic carbocycles. The minimum absolute atomic E-state index is 0.112. The van der Waals surface area contributed by atoms with Crippen LogP contribution in [-0.2, 0) is 13.7 Å². The molecule has 31 heavy (non-hydrogen) atoms. The smallest absolute Gasteiger partial charge is 0.128 e. The van der Waals surface area contributed by atoms with Crippen LogP contribution in [0.15, 0.2) is 66.7 Å². The fourth-order valence-electron chi connectivity index (χ4n) is 3.45.